The summed E-state index contributed by atoms with van der Waals surface area (Å²) in [5.41, 5.74) is 1.78. The molecule has 1 saturated heterocycles. The zero-order valence-corrected chi connectivity index (χ0v) is 12.9. The van der Waals surface area contributed by atoms with Crippen molar-refractivity contribution in [1.29, 1.82) is 0 Å². The van der Waals surface area contributed by atoms with Gasteiger partial charge >= 0.3 is 0 Å². The molecule has 1 aliphatic heterocycles. The first-order valence-electron chi connectivity index (χ1n) is 7.60. The van der Waals surface area contributed by atoms with Crippen LogP contribution in [-0.2, 0) is 0 Å². The van der Waals surface area contributed by atoms with Crippen LogP contribution in [0.25, 0.3) is 0 Å². The molecule has 1 aromatic heterocycles. The molecule has 3 rings (SSSR count). The summed E-state index contributed by atoms with van der Waals surface area (Å²) < 4.78 is 13.8. The Hall–Kier alpha value is -2.80. The number of hydrogen-bond donors (Lipinski definition) is 0. The second-order valence-corrected chi connectivity index (χ2v) is 5.35. The molecule has 0 saturated carbocycles. The van der Waals surface area contributed by atoms with Crippen molar-refractivity contribution < 1.29 is 4.39 Å². The first-order chi connectivity index (χ1) is 11.2. The van der Waals surface area contributed by atoms with Crippen molar-refractivity contribution in [2.45, 2.75) is 0 Å². The predicted octanol–water partition coefficient (Wildman–Crippen LogP) is 2.91. The minimum atomic E-state index is -0.274. The van der Waals surface area contributed by atoms with Crippen molar-refractivity contribution in [3.05, 3.63) is 72.3 Å². The first-order valence-corrected chi connectivity index (χ1v) is 7.60. The largest absolute Gasteiger partial charge is 0.362 e. The lowest BCUT2D eigenvalue weighted by atomic mass is 10.2. The summed E-state index contributed by atoms with van der Waals surface area (Å²) in [5.74, 6) is 6.37. The number of pyridine rings is 1. The molecule has 116 valence electrons. The highest BCUT2D eigenvalue weighted by atomic mass is 19.1. The van der Waals surface area contributed by atoms with E-state index in [1.165, 1.54) is 6.07 Å². The molecule has 4 heteroatoms. The molecule has 1 aliphatic rings. The summed E-state index contributed by atoms with van der Waals surface area (Å²) in [6, 6.07) is 12.9. The normalized spacial score (nSPS) is 14.1. The molecule has 1 aromatic carbocycles. The number of piperazine rings is 1. The zero-order chi connectivity index (χ0) is 16.1. The Labute approximate surface area is 136 Å². The summed E-state index contributed by atoms with van der Waals surface area (Å²) in [4.78, 5) is 8.22. The molecule has 2 aromatic rings. The van der Waals surface area contributed by atoms with Crippen LogP contribution in [0.5, 0.6) is 0 Å². The van der Waals surface area contributed by atoms with Gasteiger partial charge in [-0.05, 0) is 30.2 Å². The smallest absolute Gasteiger partial charge is 0.165 e. The Morgan fingerprint density at radius 2 is 1.78 bits per heavy atom. The van der Waals surface area contributed by atoms with Gasteiger partial charge in [-0.2, -0.15) is 0 Å². The lowest BCUT2D eigenvalue weighted by molar-refractivity contribution is 0.332. The highest BCUT2D eigenvalue weighted by molar-refractivity contribution is 5.42. The molecule has 0 unspecified atom stereocenters. The maximum Gasteiger partial charge on any atom is 0.165 e. The van der Waals surface area contributed by atoms with Crippen LogP contribution in [0.15, 0.2) is 60.9 Å². The third kappa shape index (κ3) is 3.70. The molecule has 0 spiro atoms. The van der Waals surface area contributed by atoms with Crippen molar-refractivity contribution in [2.24, 2.45) is 0 Å². The lowest BCUT2D eigenvalue weighted by Gasteiger charge is -2.36. The van der Waals surface area contributed by atoms with E-state index in [-0.39, 0.29) is 5.82 Å². The Balaban J connectivity index is 1.60. The number of rotatable bonds is 2. The van der Waals surface area contributed by atoms with Gasteiger partial charge in [-0.25, -0.2) is 9.37 Å². The van der Waals surface area contributed by atoms with Crippen LogP contribution < -0.4 is 4.90 Å². The fraction of sp³-hybridized carbons (Fsp3) is 0.211. The molecule has 2 heterocycles. The number of aromatic nitrogens is 1. The minimum absolute atomic E-state index is 0.274. The summed E-state index contributed by atoms with van der Waals surface area (Å²) in [6.07, 6.45) is 1.62. The average Bonchev–Trinajstić information content (AvgIpc) is 2.61. The Morgan fingerprint density at radius 1 is 1.04 bits per heavy atom. The number of halogens is 1. The van der Waals surface area contributed by atoms with Crippen molar-refractivity contribution in [3.63, 3.8) is 0 Å². The molecule has 23 heavy (non-hydrogen) atoms. The van der Waals surface area contributed by atoms with Crippen LogP contribution in [0, 0.1) is 17.7 Å². The summed E-state index contributed by atoms with van der Waals surface area (Å²) >= 11 is 0. The van der Waals surface area contributed by atoms with E-state index >= 15 is 0 Å². The quantitative estimate of drug-likeness (QED) is 0.795. The second-order valence-electron chi connectivity index (χ2n) is 5.35. The van der Waals surface area contributed by atoms with Crippen LogP contribution in [0.4, 0.5) is 10.2 Å². The van der Waals surface area contributed by atoms with Gasteiger partial charge in [0.2, 0.25) is 0 Å². The van der Waals surface area contributed by atoms with Crippen molar-refractivity contribution in [1.82, 2.24) is 9.88 Å². The molecular weight excluding hydrogens is 289 g/mol. The second kappa shape index (κ2) is 6.97. The van der Waals surface area contributed by atoms with E-state index < -0.39 is 0 Å². The standard InChI is InChI=1S/C19H18FN3/c1-16(9-10-17-6-3-2-4-7-17)22-12-14-23(15-13-22)19-18(20)8-5-11-21-19/h2-8,11H,1,12-15H2. The van der Waals surface area contributed by atoms with Crippen molar-refractivity contribution in [2.75, 3.05) is 31.1 Å². The molecular formula is C19H18FN3. The van der Waals surface area contributed by atoms with Gasteiger partial charge in [-0.3, -0.25) is 0 Å². The van der Waals surface area contributed by atoms with E-state index in [2.05, 4.69) is 28.3 Å². The Kier molecular flexibility index (Phi) is 4.58. The highest BCUT2D eigenvalue weighted by Gasteiger charge is 2.20. The van der Waals surface area contributed by atoms with Crippen molar-refractivity contribution >= 4 is 5.82 Å². The average molecular weight is 307 g/mol. The number of nitrogens with zero attached hydrogens (tertiary/aromatic N) is 3. The Morgan fingerprint density at radius 3 is 2.48 bits per heavy atom. The molecule has 0 aliphatic carbocycles. The summed E-state index contributed by atoms with van der Waals surface area (Å²) in [7, 11) is 0. The van der Waals surface area contributed by atoms with Gasteiger partial charge in [-0.15, -0.1) is 0 Å². The van der Waals surface area contributed by atoms with Crippen LogP contribution in [0.3, 0.4) is 0 Å². The molecule has 0 N–H and O–H groups in total. The molecule has 0 atom stereocenters. The Bertz CT molecular complexity index is 738. The monoisotopic (exact) mass is 307 g/mol. The molecule has 1 fully saturated rings. The molecule has 3 nitrogen and oxygen atoms in total. The number of allylic oxidation sites excluding steroid dienone is 1. The minimum Gasteiger partial charge on any atom is -0.362 e. The molecule has 0 radical (unpaired) electrons. The summed E-state index contributed by atoms with van der Waals surface area (Å²) in [5, 5.41) is 0. The lowest BCUT2D eigenvalue weighted by Crippen LogP contribution is -2.46. The van der Waals surface area contributed by atoms with Gasteiger partial charge < -0.3 is 9.80 Å². The van der Waals surface area contributed by atoms with Gasteiger partial charge in [0, 0.05) is 37.9 Å². The van der Waals surface area contributed by atoms with Crippen LogP contribution in [0.2, 0.25) is 0 Å². The topological polar surface area (TPSA) is 19.4 Å². The molecule has 0 bridgehead atoms. The van der Waals surface area contributed by atoms with E-state index in [4.69, 9.17) is 0 Å². The van der Waals surface area contributed by atoms with Gasteiger partial charge in [-0.1, -0.05) is 30.7 Å². The highest BCUT2D eigenvalue weighted by Crippen LogP contribution is 2.18. The fourth-order valence-corrected chi connectivity index (χ4v) is 2.54. The van der Waals surface area contributed by atoms with Gasteiger partial charge in [0.25, 0.3) is 0 Å². The van der Waals surface area contributed by atoms with Gasteiger partial charge in [0.05, 0.1) is 5.70 Å². The van der Waals surface area contributed by atoms with E-state index in [9.17, 15) is 4.39 Å². The predicted molar refractivity (Wildman–Crippen MR) is 90.4 cm³/mol. The maximum absolute atomic E-state index is 13.8. The van der Waals surface area contributed by atoms with E-state index in [0.29, 0.717) is 18.9 Å². The van der Waals surface area contributed by atoms with Gasteiger partial charge in [0.1, 0.15) is 0 Å². The third-order valence-electron chi connectivity index (χ3n) is 3.82. The zero-order valence-electron chi connectivity index (χ0n) is 12.9. The first kappa shape index (κ1) is 15.1. The van der Waals surface area contributed by atoms with E-state index in [1.54, 1.807) is 12.3 Å². The number of anilines is 1. The van der Waals surface area contributed by atoms with E-state index in [0.717, 1.165) is 24.4 Å². The SMILES string of the molecule is C=C(C#Cc1ccccc1)N1CCN(c2ncccc2F)CC1. The van der Waals surface area contributed by atoms with Gasteiger partial charge in [0.15, 0.2) is 11.6 Å². The third-order valence-corrected chi connectivity index (χ3v) is 3.82. The summed E-state index contributed by atoms with van der Waals surface area (Å²) in [6.45, 7) is 6.99. The van der Waals surface area contributed by atoms with Crippen molar-refractivity contribution in [3.8, 4) is 11.8 Å². The maximum atomic E-state index is 13.8. The number of benzene rings is 1. The number of hydrogen-bond acceptors (Lipinski definition) is 3. The van der Waals surface area contributed by atoms with Crippen LogP contribution >= 0.6 is 0 Å². The van der Waals surface area contributed by atoms with Crippen LogP contribution in [-0.4, -0.2) is 36.1 Å². The molecule has 0 amide bonds. The van der Waals surface area contributed by atoms with E-state index in [1.807, 2.05) is 35.2 Å². The van der Waals surface area contributed by atoms with Crippen LogP contribution in [0.1, 0.15) is 5.56 Å². The fourth-order valence-electron chi connectivity index (χ4n) is 2.54.